The van der Waals surface area contributed by atoms with E-state index < -0.39 is 0 Å². The van der Waals surface area contributed by atoms with Gasteiger partial charge >= 0.3 is 0 Å². The molecule has 0 N–H and O–H groups in total. The van der Waals surface area contributed by atoms with Crippen LogP contribution in [0.4, 0.5) is 0 Å². The Labute approximate surface area is 105 Å². The van der Waals surface area contributed by atoms with Crippen LogP contribution in [0.5, 0.6) is 0 Å². The Morgan fingerprint density at radius 1 is 1.33 bits per heavy atom. The molecule has 1 aromatic heterocycles. The fourth-order valence-electron chi connectivity index (χ4n) is 3.15. The summed E-state index contributed by atoms with van der Waals surface area (Å²) in [5.74, 6) is 2.52. The van der Waals surface area contributed by atoms with Crippen molar-refractivity contribution in [3.63, 3.8) is 0 Å². The van der Waals surface area contributed by atoms with Crippen molar-refractivity contribution in [1.29, 1.82) is 0 Å². The molecular formula is C14H14N2O2. The number of rotatable bonds is 0. The lowest BCUT2D eigenvalue weighted by Crippen LogP contribution is -2.48. The number of amides is 1. The molecule has 1 aromatic rings. The van der Waals surface area contributed by atoms with Crippen molar-refractivity contribution >= 4 is 5.91 Å². The smallest absolute Gasteiger partial charge is 0.298 e. The van der Waals surface area contributed by atoms with Crippen LogP contribution in [0.25, 0.3) is 0 Å². The van der Waals surface area contributed by atoms with Gasteiger partial charge in [0.25, 0.3) is 11.5 Å². The molecule has 3 heterocycles. The Kier molecular flexibility index (Phi) is 2.48. The van der Waals surface area contributed by atoms with E-state index in [1.54, 1.807) is 17.0 Å². The molecule has 2 bridgehead atoms. The normalized spacial score (nSPS) is 25.2. The lowest BCUT2D eigenvalue weighted by molar-refractivity contribution is -0.127. The highest BCUT2D eigenvalue weighted by molar-refractivity contribution is 5.93. The van der Waals surface area contributed by atoms with Crippen LogP contribution in [0.3, 0.4) is 0 Å². The van der Waals surface area contributed by atoms with Gasteiger partial charge < -0.3 is 9.47 Å². The van der Waals surface area contributed by atoms with Gasteiger partial charge in [-0.05, 0) is 24.3 Å². The second-order valence-corrected chi connectivity index (χ2v) is 5.05. The standard InChI is InChI=1S/C14H14N2O2/c1-2-13(17)15-7-10-6-11(9-15)12-4-3-5-14(18)16(12)8-10/h1,3-5,10-11H,6-9H2. The molecule has 3 rings (SSSR count). The van der Waals surface area contributed by atoms with Gasteiger partial charge in [-0.3, -0.25) is 9.59 Å². The quantitative estimate of drug-likeness (QED) is 0.619. The SMILES string of the molecule is C#CC(=O)N1CC2CC(C1)c1cccc(=O)n1C2. The molecule has 1 amide bonds. The molecule has 4 heteroatoms. The van der Waals surface area contributed by atoms with Crippen molar-refractivity contribution in [2.75, 3.05) is 13.1 Å². The van der Waals surface area contributed by atoms with Crippen molar-refractivity contribution in [3.05, 3.63) is 34.2 Å². The second-order valence-electron chi connectivity index (χ2n) is 5.05. The third-order valence-electron chi connectivity index (χ3n) is 3.89. The Balaban J connectivity index is 1.98. The summed E-state index contributed by atoms with van der Waals surface area (Å²) in [6, 6.07) is 5.36. The topological polar surface area (TPSA) is 42.3 Å². The first kappa shape index (κ1) is 11.1. The van der Waals surface area contributed by atoms with Crippen LogP contribution in [0, 0.1) is 18.3 Å². The molecular weight excluding hydrogens is 228 g/mol. The average molecular weight is 242 g/mol. The van der Waals surface area contributed by atoms with E-state index in [9.17, 15) is 9.59 Å². The summed E-state index contributed by atoms with van der Waals surface area (Å²) >= 11 is 0. The van der Waals surface area contributed by atoms with E-state index in [1.807, 2.05) is 10.6 Å². The van der Waals surface area contributed by atoms with Crippen molar-refractivity contribution in [2.24, 2.45) is 5.92 Å². The number of carbonyl (C=O) groups is 1. The highest BCUT2D eigenvalue weighted by Gasteiger charge is 2.35. The Bertz CT molecular complexity index is 597. The molecule has 2 unspecified atom stereocenters. The maximum Gasteiger partial charge on any atom is 0.298 e. The number of terminal acetylenes is 1. The number of nitrogens with zero attached hydrogens (tertiary/aromatic N) is 2. The third kappa shape index (κ3) is 1.63. The monoisotopic (exact) mass is 242 g/mol. The summed E-state index contributed by atoms with van der Waals surface area (Å²) in [5, 5.41) is 0. The van der Waals surface area contributed by atoms with Gasteiger partial charge in [0.1, 0.15) is 0 Å². The predicted molar refractivity (Wildman–Crippen MR) is 67.0 cm³/mol. The van der Waals surface area contributed by atoms with Crippen molar-refractivity contribution in [1.82, 2.24) is 9.47 Å². The van der Waals surface area contributed by atoms with E-state index in [0.29, 0.717) is 25.6 Å². The fraction of sp³-hybridized carbons (Fsp3) is 0.429. The number of hydrogen-bond acceptors (Lipinski definition) is 2. The Morgan fingerprint density at radius 3 is 2.94 bits per heavy atom. The van der Waals surface area contributed by atoms with E-state index >= 15 is 0 Å². The molecule has 0 aromatic carbocycles. The van der Waals surface area contributed by atoms with Gasteiger partial charge in [0, 0.05) is 37.3 Å². The summed E-state index contributed by atoms with van der Waals surface area (Å²) in [6.07, 6.45) is 6.22. The van der Waals surface area contributed by atoms with Gasteiger partial charge in [-0.1, -0.05) is 6.07 Å². The molecule has 1 fully saturated rings. The summed E-state index contributed by atoms with van der Waals surface area (Å²) in [7, 11) is 0. The number of fused-ring (bicyclic) bond motifs is 4. The largest absolute Gasteiger partial charge is 0.331 e. The fourth-order valence-corrected chi connectivity index (χ4v) is 3.15. The molecule has 0 aliphatic carbocycles. The molecule has 18 heavy (non-hydrogen) atoms. The van der Waals surface area contributed by atoms with Crippen LogP contribution >= 0.6 is 0 Å². The maximum atomic E-state index is 11.8. The highest BCUT2D eigenvalue weighted by atomic mass is 16.2. The molecule has 2 atom stereocenters. The number of pyridine rings is 1. The highest BCUT2D eigenvalue weighted by Crippen LogP contribution is 2.34. The molecule has 92 valence electrons. The van der Waals surface area contributed by atoms with E-state index in [1.165, 1.54) is 0 Å². The van der Waals surface area contributed by atoms with Gasteiger partial charge in [-0.2, -0.15) is 0 Å². The number of carbonyl (C=O) groups excluding carboxylic acids is 1. The zero-order valence-electron chi connectivity index (χ0n) is 10.0. The molecule has 0 radical (unpaired) electrons. The minimum Gasteiger partial charge on any atom is -0.331 e. The van der Waals surface area contributed by atoms with Crippen molar-refractivity contribution in [2.45, 2.75) is 18.9 Å². The predicted octanol–water partition coefficient (Wildman–Crippen LogP) is 0.427. The van der Waals surface area contributed by atoms with Crippen molar-refractivity contribution in [3.8, 4) is 12.3 Å². The molecule has 0 spiro atoms. The Morgan fingerprint density at radius 2 is 2.17 bits per heavy atom. The van der Waals surface area contributed by atoms with Crippen LogP contribution in [-0.4, -0.2) is 28.5 Å². The first-order valence-electron chi connectivity index (χ1n) is 6.14. The molecule has 1 saturated heterocycles. The van der Waals surface area contributed by atoms with Gasteiger partial charge in [-0.15, -0.1) is 6.42 Å². The number of piperidine rings is 1. The van der Waals surface area contributed by atoms with Gasteiger partial charge in [-0.25, -0.2) is 0 Å². The summed E-state index contributed by atoms with van der Waals surface area (Å²) in [4.78, 5) is 25.2. The van der Waals surface area contributed by atoms with Crippen LogP contribution in [-0.2, 0) is 11.3 Å². The maximum absolute atomic E-state index is 11.8. The van der Waals surface area contributed by atoms with Crippen LogP contribution in [0.15, 0.2) is 23.0 Å². The average Bonchev–Trinajstić information content (AvgIpc) is 2.39. The zero-order valence-corrected chi connectivity index (χ0v) is 10.0. The van der Waals surface area contributed by atoms with Crippen LogP contribution in [0.1, 0.15) is 18.0 Å². The minimum absolute atomic E-state index is 0.0546. The minimum atomic E-state index is -0.239. The van der Waals surface area contributed by atoms with E-state index in [-0.39, 0.29) is 17.4 Å². The molecule has 2 aliphatic heterocycles. The van der Waals surface area contributed by atoms with Crippen LogP contribution < -0.4 is 5.56 Å². The van der Waals surface area contributed by atoms with Gasteiger partial charge in [0.15, 0.2) is 0 Å². The third-order valence-corrected chi connectivity index (χ3v) is 3.89. The molecule has 0 saturated carbocycles. The number of likely N-dealkylation sites (tertiary alicyclic amines) is 1. The first-order chi connectivity index (χ1) is 8.69. The van der Waals surface area contributed by atoms with Gasteiger partial charge in [0.05, 0.1) is 0 Å². The van der Waals surface area contributed by atoms with Crippen LogP contribution in [0.2, 0.25) is 0 Å². The van der Waals surface area contributed by atoms with E-state index in [0.717, 1.165) is 12.1 Å². The Hall–Kier alpha value is -2.02. The second kappa shape index (κ2) is 4.02. The summed E-state index contributed by atoms with van der Waals surface area (Å²) in [5.41, 5.74) is 1.09. The lowest BCUT2D eigenvalue weighted by atomic mass is 9.83. The summed E-state index contributed by atoms with van der Waals surface area (Å²) in [6.45, 7) is 1.99. The summed E-state index contributed by atoms with van der Waals surface area (Å²) < 4.78 is 1.84. The number of hydrogen-bond donors (Lipinski definition) is 0. The zero-order chi connectivity index (χ0) is 12.7. The van der Waals surface area contributed by atoms with E-state index in [2.05, 4.69) is 5.92 Å². The van der Waals surface area contributed by atoms with Crippen molar-refractivity contribution < 1.29 is 4.79 Å². The number of aromatic nitrogens is 1. The molecule has 2 aliphatic rings. The van der Waals surface area contributed by atoms with Gasteiger partial charge in [0.2, 0.25) is 0 Å². The molecule has 4 nitrogen and oxygen atoms in total. The first-order valence-corrected chi connectivity index (χ1v) is 6.14. The lowest BCUT2D eigenvalue weighted by Gasteiger charge is -2.42. The van der Waals surface area contributed by atoms with E-state index in [4.69, 9.17) is 6.42 Å².